The Labute approximate surface area is 192 Å². The van der Waals surface area contributed by atoms with Gasteiger partial charge in [0.1, 0.15) is 0 Å². The predicted molar refractivity (Wildman–Crippen MR) is 123 cm³/mol. The summed E-state index contributed by atoms with van der Waals surface area (Å²) in [4.78, 5) is 24.3. The van der Waals surface area contributed by atoms with Crippen LogP contribution in [0.4, 0.5) is 0 Å². The number of rotatable bonds is 6. The van der Waals surface area contributed by atoms with Gasteiger partial charge in [-0.1, -0.05) is 60.3 Å². The van der Waals surface area contributed by atoms with E-state index < -0.39 is 11.9 Å². The average molecular weight is 460 g/mol. The monoisotopic (exact) mass is 459 g/mol. The fourth-order valence-electron chi connectivity index (χ4n) is 5.52. The molecule has 4 nitrogen and oxygen atoms in total. The van der Waals surface area contributed by atoms with Gasteiger partial charge in [0.15, 0.2) is 0 Å². The number of carbonyl (C=O) groups is 2. The molecule has 1 saturated heterocycles. The second kappa shape index (κ2) is 9.62. The van der Waals surface area contributed by atoms with E-state index in [2.05, 4.69) is 17.4 Å². The fourth-order valence-corrected chi connectivity index (χ4v) is 5.85. The van der Waals surface area contributed by atoms with E-state index in [9.17, 15) is 14.7 Å². The molecule has 2 fully saturated rings. The number of hydrogen-bond donors (Lipinski definition) is 2. The maximum absolute atomic E-state index is 13.0. The third-order valence-electron chi connectivity index (χ3n) is 6.90. The van der Waals surface area contributed by atoms with Gasteiger partial charge in [0.05, 0.1) is 6.42 Å². The fraction of sp³-hybridized carbons (Fsp3) is 0.440. The highest BCUT2D eigenvalue weighted by Crippen LogP contribution is 2.46. The van der Waals surface area contributed by atoms with Crippen LogP contribution in [0.3, 0.4) is 0 Å². The van der Waals surface area contributed by atoms with Crippen LogP contribution in [0.25, 0.3) is 0 Å². The first-order valence-corrected chi connectivity index (χ1v) is 11.7. The highest BCUT2D eigenvalue weighted by Gasteiger charge is 2.44. The third-order valence-corrected chi connectivity index (χ3v) is 7.39. The zero-order valence-corrected chi connectivity index (χ0v) is 18.8. The van der Waals surface area contributed by atoms with E-state index in [1.54, 1.807) is 0 Å². The molecular weight excluding hydrogens is 433 g/mol. The Bertz CT molecular complexity index is 940. The molecule has 0 aromatic heterocycles. The number of carboxylic acid groups (broad SMARTS) is 1. The molecule has 4 rings (SSSR count). The Hall–Kier alpha value is -2.04. The molecule has 0 spiro atoms. The standard InChI is InChI=1S/C25H27Cl2NO3/c26-19-10-8-16(9-11-19)23(15-4-1-2-5-15)24-21(17-6-3-7-20(27)12-17)13-18(14-22(29)30)25(31)28-24/h3,6-12,15,18,21,23-24H,1-2,4-5,13-14H2,(H,28,31)(H,29,30)/t18-,21+,23?,24-/m0/s1. The van der Waals surface area contributed by atoms with Crippen molar-refractivity contribution in [3.8, 4) is 0 Å². The number of hydrogen-bond acceptors (Lipinski definition) is 2. The first-order valence-electron chi connectivity index (χ1n) is 11.0. The molecule has 2 aromatic rings. The number of carbonyl (C=O) groups excluding carboxylic acids is 1. The summed E-state index contributed by atoms with van der Waals surface area (Å²) in [6, 6.07) is 15.6. The van der Waals surface area contributed by atoms with Gasteiger partial charge in [0.25, 0.3) is 0 Å². The molecule has 1 amide bonds. The second-order valence-electron chi connectivity index (χ2n) is 8.85. The highest BCUT2D eigenvalue weighted by molar-refractivity contribution is 6.30. The first kappa shape index (κ1) is 22.2. The van der Waals surface area contributed by atoms with Crippen LogP contribution in [0.2, 0.25) is 10.0 Å². The van der Waals surface area contributed by atoms with Crippen LogP contribution >= 0.6 is 23.2 Å². The lowest BCUT2D eigenvalue weighted by molar-refractivity contribution is -0.142. The minimum absolute atomic E-state index is 0.0120. The van der Waals surface area contributed by atoms with Crippen molar-refractivity contribution in [3.63, 3.8) is 0 Å². The molecule has 164 valence electrons. The molecule has 1 unspecified atom stereocenters. The lowest BCUT2D eigenvalue weighted by atomic mass is 9.68. The quantitative estimate of drug-likeness (QED) is 0.553. The molecule has 1 heterocycles. The Kier molecular flexibility index (Phi) is 6.88. The third kappa shape index (κ3) is 5.07. The zero-order valence-electron chi connectivity index (χ0n) is 17.3. The molecule has 4 atom stereocenters. The smallest absolute Gasteiger partial charge is 0.304 e. The first-order chi connectivity index (χ1) is 14.9. The van der Waals surface area contributed by atoms with Crippen LogP contribution in [0.5, 0.6) is 0 Å². The van der Waals surface area contributed by atoms with Crippen molar-refractivity contribution in [2.24, 2.45) is 11.8 Å². The van der Waals surface area contributed by atoms with E-state index in [4.69, 9.17) is 23.2 Å². The maximum atomic E-state index is 13.0. The SMILES string of the molecule is O=C(O)C[C@@H]1C[C@H](c2cccc(Cl)c2)[C@@H](C(c2ccc(Cl)cc2)C2CCCC2)NC1=O. The molecule has 1 aliphatic carbocycles. The summed E-state index contributed by atoms with van der Waals surface area (Å²) in [5.74, 6) is -1.08. The van der Waals surface area contributed by atoms with Gasteiger partial charge in [0, 0.05) is 33.8 Å². The number of benzene rings is 2. The van der Waals surface area contributed by atoms with Crippen molar-refractivity contribution in [1.29, 1.82) is 0 Å². The van der Waals surface area contributed by atoms with Gasteiger partial charge in [-0.2, -0.15) is 0 Å². The number of nitrogens with one attached hydrogen (secondary N) is 1. The minimum atomic E-state index is -0.950. The molecule has 2 aromatic carbocycles. The van der Waals surface area contributed by atoms with Crippen LogP contribution in [-0.2, 0) is 9.59 Å². The van der Waals surface area contributed by atoms with Crippen molar-refractivity contribution >= 4 is 35.1 Å². The lowest BCUT2D eigenvalue weighted by Crippen LogP contribution is -2.52. The largest absolute Gasteiger partial charge is 0.481 e. The second-order valence-corrected chi connectivity index (χ2v) is 9.72. The Balaban J connectivity index is 1.75. The van der Waals surface area contributed by atoms with Gasteiger partial charge in [-0.3, -0.25) is 9.59 Å². The molecule has 2 N–H and O–H groups in total. The lowest BCUT2D eigenvalue weighted by Gasteiger charge is -2.43. The minimum Gasteiger partial charge on any atom is -0.481 e. The Morgan fingerprint density at radius 3 is 2.42 bits per heavy atom. The Morgan fingerprint density at radius 1 is 1.06 bits per heavy atom. The molecule has 6 heteroatoms. The number of carboxylic acids is 1. The molecular formula is C25H27Cl2NO3. The van der Waals surface area contributed by atoms with E-state index in [1.807, 2.05) is 36.4 Å². The van der Waals surface area contributed by atoms with E-state index in [1.165, 1.54) is 18.4 Å². The summed E-state index contributed by atoms with van der Waals surface area (Å²) in [7, 11) is 0. The van der Waals surface area contributed by atoms with Crippen molar-refractivity contribution in [2.75, 3.05) is 0 Å². The highest BCUT2D eigenvalue weighted by atomic mass is 35.5. The van der Waals surface area contributed by atoms with Crippen LogP contribution in [0.15, 0.2) is 48.5 Å². The number of aliphatic carboxylic acids is 1. The number of halogens is 2. The van der Waals surface area contributed by atoms with Crippen LogP contribution in [0.1, 0.15) is 61.5 Å². The van der Waals surface area contributed by atoms with Crippen LogP contribution < -0.4 is 5.32 Å². The summed E-state index contributed by atoms with van der Waals surface area (Å²) in [5, 5.41) is 13.9. The normalized spacial score (nSPS) is 25.2. The predicted octanol–water partition coefficient (Wildman–Crippen LogP) is 6.03. The maximum Gasteiger partial charge on any atom is 0.304 e. The average Bonchev–Trinajstić information content (AvgIpc) is 3.25. The van der Waals surface area contributed by atoms with Gasteiger partial charge in [-0.05, 0) is 60.6 Å². The van der Waals surface area contributed by atoms with E-state index >= 15 is 0 Å². The van der Waals surface area contributed by atoms with E-state index in [-0.39, 0.29) is 30.2 Å². The van der Waals surface area contributed by atoms with Crippen molar-refractivity contribution in [2.45, 2.75) is 56.4 Å². The molecule has 0 bridgehead atoms. The summed E-state index contributed by atoms with van der Waals surface area (Å²) >= 11 is 12.5. The number of amides is 1. The topological polar surface area (TPSA) is 66.4 Å². The molecule has 2 aliphatic rings. The number of piperidine rings is 1. The van der Waals surface area contributed by atoms with Gasteiger partial charge in [-0.25, -0.2) is 0 Å². The zero-order chi connectivity index (χ0) is 22.0. The van der Waals surface area contributed by atoms with E-state index in [0.717, 1.165) is 18.4 Å². The van der Waals surface area contributed by atoms with Crippen LogP contribution in [-0.4, -0.2) is 23.0 Å². The van der Waals surface area contributed by atoms with E-state index in [0.29, 0.717) is 22.4 Å². The Morgan fingerprint density at radius 2 is 1.77 bits per heavy atom. The molecule has 1 saturated carbocycles. The van der Waals surface area contributed by atoms with Crippen molar-refractivity contribution in [1.82, 2.24) is 5.32 Å². The van der Waals surface area contributed by atoms with Crippen LogP contribution in [0, 0.1) is 11.8 Å². The molecule has 0 radical (unpaired) electrons. The summed E-state index contributed by atoms with van der Waals surface area (Å²) in [6.07, 6.45) is 4.98. The van der Waals surface area contributed by atoms with Gasteiger partial charge in [-0.15, -0.1) is 0 Å². The molecule has 1 aliphatic heterocycles. The van der Waals surface area contributed by atoms with Gasteiger partial charge < -0.3 is 10.4 Å². The van der Waals surface area contributed by atoms with Gasteiger partial charge >= 0.3 is 5.97 Å². The summed E-state index contributed by atoms with van der Waals surface area (Å²) < 4.78 is 0. The molecule has 31 heavy (non-hydrogen) atoms. The summed E-state index contributed by atoms with van der Waals surface area (Å²) in [5.41, 5.74) is 2.22. The van der Waals surface area contributed by atoms with Crippen molar-refractivity contribution < 1.29 is 14.7 Å². The van der Waals surface area contributed by atoms with Crippen molar-refractivity contribution in [3.05, 3.63) is 69.7 Å². The summed E-state index contributed by atoms with van der Waals surface area (Å²) in [6.45, 7) is 0. The van der Waals surface area contributed by atoms with Gasteiger partial charge in [0.2, 0.25) is 5.91 Å².